The Morgan fingerprint density at radius 1 is 1.42 bits per heavy atom. The van der Waals surface area contributed by atoms with E-state index in [1.54, 1.807) is 6.07 Å². The standard InChI is InChI=1S/C16H20N4O2S2/c1-17-9-12-4-2-6-20(12)14(21)8-11-10-24-16(18-11)19-15(22)13-5-3-7-23-13/h3,5,7,10,12,17H,2,4,6,8-9H2,1H3,(H,18,19,22). The Hall–Kier alpha value is -1.77. The molecule has 1 unspecified atom stereocenters. The first kappa shape index (κ1) is 17.1. The van der Waals surface area contributed by atoms with Crippen LogP contribution in [-0.2, 0) is 11.2 Å². The summed E-state index contributed by atoms with van der Waals surface area (Å²) >= 11 is 2.74. The molecule has 1 fully saturated rings. The molecule has 0 radical (unpaired) electrons. The van der Waals surface area contributed by atoms with Gasteiger partial charge in [-0.25, -0.2) is 4.98 Å². The average Bonchev–Trinajstić information content (AvgIpc) is 3.28. The number of rotatable bonds is 6. The zero-order chi connectivity index (χ0) is 16.9. The van der Waals surface area contributed by atoms with Gasteiger partial charge in [0.1, 0.15) is 0 Å². The van der Waals surface area contributed by atoms with Crippen LogP contribution in [0.5, 0.6) is 0 Å². The van der Waals surface area contributed by atoms with Gasteiger partial charge in [-0.2, -0.15) is 0 Å². The zero-order valence-corrected chi connectivity index (χ0v) is 15.1. The molecule has 2 amide bonds. The van der Waals surface area contributed by atoms with Crippen molar-refractivity contribution in [1.82, 2.24) is 15.2 Å². The summed E-state index contributed by atoms with van der Waals surface area (Å²) in [6.45, 7) is 1.64. The first-order valence-electron chi connectivity index (χ1n) is 7.90. The van der Waals surface area contributed by atoms with Crippen molar-refractivity contribution in [3.05, 3.63) is 33.5 Å². The van der Waals surface area contributed by atoms with Gasteiger partial charge in [-0.1, -0.05) is 6.07 Å². The number of nitrogens with one attached hydrogen (secondary N) is 2. The fourth-order valence-electron chi connectivity index (χ4n) is 2.88. The first-order chi connectivity index (χ1) is 11.7. The number of carbonyl (C=O) groups is 2. The van der Waals surface area contributed by atoms with E-state index < -0.39 is 0 Å². The van der Waals surface area contributed by atoms with E-state index in [9.17, 15) is 9.59 Å². The maximum Gasteiger partial charge on any atom is 0.267 e. The van der Waals surface area contributed by atoms with E-state index in [0.717, 1.165) is 25.9 Å². The number of thiazole rings is 1. The van der Waals surface area contributed by atoms with Crippen molar-refractivity contribution in [3.8, 4) is 0 Å². The number of hydrogen-bond donors (Lipinski definition) is 2. The minimum atomic E-state index is -0.161. The molecule has 3 rings (SSSR count). The van der Waals surface area contributed by atoms with Crippen LogP contribution >= 0.6 is 22.7 Å². The summed E-state index contributed by atoms with van der Waals surface area (Å²) in [5.41, 5.74) is 0.710. The molecular weight excluding hydrogens is 344 g/mol. The maximum atomic E-state index is 12.5. The second kappa shape index (κ2) is 7.87. The van der Waals surface area contributed by atoms with Crippen molar-refractivity contribution in [1.29, 1.82) is 0 Å². The highest BCUT2D eigenvalue weighted by Crippen LogP contribution is 2.21. The molecule has 1 saturated heterocycles. The van der Waals surface area contributed by atoms with Gasteiger partial charge in [0.05, 0.1) is 17.0 Å². The highest BCUT2D eigenvalue weighted by Gasteiger charge is 2.28. The minimum Gasteiger partial charge on any atom is -0.338 e. The Bertz CT molecular complexity index is 699. The quantitative estimate of drug-likeness (QED) is 0.824. The van der Waals surface area contributed by atoms with E-state index in [4.69, 9.17) is 0 Å². The van der Waals surface area contributed by atoms with E-state index in [1.165, 1.54) is 22.7 Å². The van der Waals surface area contributed by atoms with Crippen molar-refractivity contribution >= 4 is 39.6 Å². The van der Waals surface area contributed by atoms with E-state index in [0.29, 0.717) is 15.7 Å². The molecule has 24 heavy (non-hydrogen) atoms. The monoisotopic (exact) mass is 364 g/mol. The Labute approximate surface area is 148 Å². The van der Waals surface area contributed by atoms with Gasteiger partial charge in [0.15, 0.2) is 5.13 Å². The van der Waals surface area contributed by atoms with Crippen LogP contribution in [0.4, 0.5) is 5.13 Å². The highest BCUT2D eigenvalue weighted by molar-refractivity contribution is 7.14. The van der Waals surface area contributed by atoms with Crippen LogP contribution in [0, 0.1) is 0 Å². The molecule has 0 bridgehead atoms. The lowest BCUT2D eigenvalue weighted by Gasteiger charge is -2.24. The van der Waals surface area contributed by atoms with Crippen molar-refractivity contribution in [2.75, 3.05) is 25.5 Å². The normalized spacial score (nSPS) is 17.2. The second-order valence-electron chi connectivity index (χ2n) is 5.69. The number of likely N-dealkylation sites (tertiary alicyclic amines) is 1. The Morgan fingerprint density at radius 3 is 3.04 bits per heavy atom. The predicted octanol–water partition coefficient (Wildman–Crippen LogP) is 2.21. The van der Waals surface area contributed by atoms with Gasteiger partial charge in [-0.3, -0.25) is 14.9 Å². The van der Waals surface area contributed by atoms with Crippen molar-refractivity contribution in [2.45, 2.75) is 25.3 Å². The summed E-state index contributed by atoms with van der Waals surface area (Å²) in [5, 5.41) is 10.2. The van der Waals surface area contributed by atoms with Gasteiger partial charge in [0.2, 0.25) is 5.91 Å². The summed E-state index contributed by atoms with van der Waals surface area (Å²) in [6, 6.07) is 3.88. The third-order valence-electron chi connectivity index (χ3n) is 3.99. The SMILES string of the molecule is CNCC1CCCN1C(=O)Cc1csc(NC(=O)c2cccs2)n1. The van der Waals surface area contributed by atoms with Crippen LogP contribution in [-0.4, -0.2) is 47.9 Å². The first-order valence-corrected chi connectivity index (χ1v) is 9.66. The Morgan fingerprint density at radius 2 is 2.29 bits per heavy atom. The molecule has 1 atom stereocenters. The smallest absolute Gasteiger partial charge is 0.267 e. The maximum absolute atomic E-state index is 12.5. The summed E-state index contributed by atoms with van der Waals surface area (Å²) in [5.74, 6) is -0.0555. The van der Waals surface area contributed by atoms with Crippen molar-refractivity contribution in [3.63, 3.8) is 0 Å². The van der Waals surface area contributed by atoms with E-state index in [-0.39, 0.29) is 24.3 Å². The summed E-state index contributed by atoms with van der Waals surface area (Å²) < 4.78 is 0. The van der Waals surface area contributed by atoms with Crippen LogP contribution in [0.25, 0.3) is 0 Å². The molecule has 2 aromatic rings. The number of thiophene rings is 1. The van der Waals surface area contributed by atoms with Crippen LogP contribution in [0.2, 0.25) is 0 Å². The lowest BCUT2D eigenvalue weighted by atomic mass is 10.2. The number of aromatic nitrogens is 1. The second-order valence-corrected chi connectivity index (χ2v) is 7.50. The predicted molar refractivity (Wildman–Crippen MR) is 96.8 cm³/mol. The molecule has 0 aromatic carbocycles. The molecule has 8 heteroatoms. The number of anilines is 1. The Kier molecular flexibility index (Phi) is 5.60. The molecule has 1 aliphatic heterocycles. The van der Waals surface area contributed by atoms with Gasteiger partial charge < -0.3 is 10.2 Å². The zero-order valence-electron chi connectivity index (χ0n) is 13.4. The molecule has 3 heterocycles. The van der Waals surface area contributed by atoms with Crippen LogP contribution in [0.3, 0.4) is 0 Å². The number of amides is 2. The number of nitrogens with zero attached hydrogens (tertiary/aromatic N) is 2. The molecule has 2 aromatic heterocycles. The van der Waals surface area contributed by atoms with E-state index >= 15 is 0 Å². The molecule has 0 aliphatic carbocycles. The van der Waals surface area contributed by atoms with Gasteiger partial charge in [0.25, 0.3) is 5.91 Å². The van der Waals surface area contributed by atoms with Gasteiger partial charge >= 0.3 is 0 Å². The minimum absolute atomic E-state index is 0.106. The van der Waals surface area contributed by atoms with Gasteiger partial charge in [-0.15, -0.1) is 22.7 Å². The van der Waals surface area contributed by atoms with Crippen molar-refractivity contribution in [2.24, 2.45) is 0 Å². The number of hydrogen-bond acceptors (Lipinski definition) is 6. The topological polar surface area (TPSA) is 74.3 Å². The van der Waals surface area contributed by atoms with Gasteiger partial charge in [0, 0.05) is 24.5 Å². The molecule has 0 saturated carbocycles. The molecule has 128 valence electrons. The summed E-state index contributed by atoms with van der Waals surface area (Å²) in [7, 11) is 1.91. The van der Waals surface area contributed by atoms with E-state index in [2.05, 4.69) is 15.6 Å². The Balaban J connectivity index is 1.57. The molecule has 0 spiro atoms. The third kappa shape index (κ3) is 4.00. The molecular formula is C16H20N4O2S2. The number of carbonyl (C=O) groups excluding carboxylic acids is 2. The molecule has 1 aliphatic rings. The highest BCUT2D eigenvalue weighted by atomic mass is 32.1. The van der Waals surface area contributed by atoms with Crippen molar-refractivity contribution < 1.29 is 9.59 Å². The summed E-state index contributed by atoms with van der Waals surface area (Å²) in [4.78, 5) is 31.5. The largest absolute Gasteiger partial charge is 0.338 e. The number of likely N-dealkylation sites (N-methyl/N-ethyl adjacent to an activating group) is 1. The van der Waals surface area contributed by atoms with Crippen LogP contribution in [0.1, 0.15) is 28.2 Å². The lowest BCUT2D eigenvalue weighted by molar-refractivity contribution is -0.131. The fraction of sp³-hybridized carbons (Fsp3) is 0.438. The third-order valence-corrected chi connectivity index (χ3v) is 5.66. The molecule has 6 nitrogen and oxygen atoms in total. The average molecular weight is 364 g/mol. The van der Waals surface area contributed by atoms with Crippen LogP contribution < -0.4 is 10.6 Å². The summed E-state index contributed by atoms with van der Waals surface area (Å²) in [6.07, 6.45) is 2.38. The van der Waals surface area contributed by atoms with Gasteiger partial charge in [-0.05, 0) is 31.3 Å². The fourth-order valence-corrected chi connectivity index (χ4v) is 4.20. The van der Waals surface area contributed by atoms with E-state index in [1.807, 2.05) is 28.8 Å². The van der Waals surface area contributed by atoms with Crippen LogP contribution in [0.15, 0.2) is 22.9 Å². The lowest BCUT2D eigenvalue weighted by Crippen LogP contribution is -2.41. The molecule has 2 N–H and O–H groups in total.